The maximum Gasteiger partial charge on any atom is 0.268 e. The summed E-state index contributed by atoms with van der Waals surface area (Å²) in [4.78, 5) is 12.6. The molecule has 0 atom stereocenters. The molecule has 0 unspecified atom stereocenters. The lowest BCUT2D eigenvalue weighted by Gasteiger charge is -2.10. The molecule has 3 aromatic heterocycles. The van der Waals surface area contributed by atoms with Crippen molar-refractivity contribution in [1.82, 2.24) is 19.7 Å². The Bertz CT molecular complexity index is 878. The number of halogens is 1. The third-order valence-electron chi connectivity index (χ3n) is 3.84. The first kappa shape index (κ1) is 16.8. The smallest absolute Gasteiger partial charge is 0.268 e. The molecule has 3 rings (SSSR count). The van der Waals surface area contributed by atoms with Crippen LogP contribution in [0, 0.1) is 6.92 Å². The average Bonchev–Trinajstić information content (AvgIpc) is 3.15. The van der Waals surface area contributed by atoms with Crippen molar-refractivity contribution in [1.29, 1.82) is 0 Å². The quantitative estimate of drug-likeness (QED) is 0.697. The molecule has 3 heterocycles. The van der Waals surface area contributed by atoms with Gasteiger partial charge in [0, 0.05) is 32.8 Å². The van der Waals surface area contributed by atoms with Crippen molar-refractivity contribution >= 4 is 32.9 Å². The van der Waals surface area contributed by atoms with Gasteiger partial charge >= 0.3 is 0 Å². The lowest BCUT2D eigenvalue weighted by atomic mass is 10.3. The summed E-state index contributed by atoms with van der Waals surface area (Å²) in [7, 11) is 3.50. The van der Waals surface area contributed by atoms with Crippen LogP contribution in [0.4, 0.5) is 0 Å². The van der Waals surface area contributed by atoms with E-state index in [-0.39, 0.29) is 5.91 Å². The highest BCUT2D eigenvalue weighted by Crippen LogP contribution is 2.27. The van der Waals surface area contributed by atoms with E-state index in [1.807, 2.05) is 30.7 Å². The van der Waals surface area contributed by atoms with Crippen molar-refractivity contribution in [2.24, 2.45) is 7.05 Å². The van der Waals surface area contributed by atoms with Crippen LogP contribution in [0.25, 0.3) is 11.1 Å². The van der Waals surface area contributed by atoms with E-state index >= 15 is 0 Å². The van der Waals surface area contributed by atoms with E-state index in [1.165, 1.54) is 0 Å². The standard InChI is InChI=1S/C16H19BrN4O3/c1-10-6-11(20(2)19-10)9-18-16(22)13-7-14-12(8-15(17)24-14)21(13)4-5-23-3/h6-8H,4-5,9H2,1-3H3,(H,18,22). The first-order valence-electron chi connectivity index (χ1n) is 7.55. The topological polar surface area (TPSA) is 74.2 Å². The largest absolute Gasteiger partial charge is 0.448 e. The molecule has 0 aliphatic heterocycles. The first-order chi connectivity index (χ1) is 11.5. The average molecular weight is 395 g/mol. The Kier molecular flexibility index (Phi) is 4.77. The van der Waals surface area contributed by atoms with Crippen molar-refractivity contribution in [3.05, 3.63) is 40.0 Å². The Labute approximate surface area is 147 Å². The molecular weight excluding hydrogens is 376 g/mol. The van der Waals surface area contributed by atoms with Crippen LogP contribution in [-0.4, -0.2) is 34.0 Å². The van der Waals surface area contributed by atoms with Gasteiger partial charge in [0.15, 0.2) is 10.3 Å². The minimum Gasteiger partial charge on any atom is -0.448 e. The van der Waals surface area contributed by atoms with E-state index in [9.17, 15) is 4.79 Å². The number of carbonyl (C=O) groups excluding carboxylic acids is 1. The number of aryl methyl sites for hydroxylation is 2. The molecule has 0 aromatic carbocycles. The molecular formula is C16H19BrN4O3. The molecule has 0 bridgehead atoms. The normalized spacial score (nSPS) is 11.3. The molecule has 0 aliphatic carbocycles. The van der Waals surface area contributed by atoms with Gasteiger partial charge in [-0.05, 0) is 28.9 Å². The van der Waals surface area contributed by atoms with Gasteiger partial charge in [-0.1, -0.05) is 0 Å². The number of amides is 1. The fraction of sp³-hybridized carbons (Fsp3) is 0.375. The van der Waals surface area contributed by atoms with Crippen LogP contribution >= 0.6 is 15.9 Å². The molecule has 0 radical (unpaired) electrons. The molecule has 24 heavy (non-hydrogen) atoms. The Morgan fingerprint density at radius 1 is 1.42 bits per heavy atom. The van der Waals surface area contributed by atoms with Crippen LogP contribution in [0.15, 0.2) is 27.3 Å². The number of aromatic nitrogens is 3. The van der Waals surface area contributed by atoms with Gasteiger partial charge in [-0.2, -0.15) is 5.10 Å². The van der Waals surface area contributed by atoms with Crippen LogP contribution in [-0.2, 0) is 24.9 Å². The summed E-state index contributed by atoms with van der Waals surface area (Å²) in [5.41, 5.74) is 3.95. The molecule has 1 N–H and O–H groups in total. The van der Waals surface area contributed by atoms with Crippen LogP contribution in [0.2, 0.25) is 0 Å². The number of carbonyl (C=O) groups is 1. The number of ether oxygens (including phenoxy) is 1. The second kappa shape index (κ2) is 6.82. The third-order valence-corrected chi connectivity index (χ3v) is 4.23. The predicted octanol–water partition coefficient (Wildman–Crippen LogP) is 2.62. The van der Waals surface area contributed by atoms with Crippen LogP contribution in [0.5, 0.6) is 0 Å². The molecule has 3 aromatic rings. The van der Waals surface area contributed by atoms with E-state index < -0.39 is 0 Å². The third kappa shape index (κ3) is 3.25. The molecule has 0 spiro atoms. The first-order valence-corrected chi connectivity index (χ1v) is 8.34. The minimum absolute atomic E-state index is 0.160. The molecule has 0 saturated heterocycles. The van der Waals surface area contributed by atoms with Gasteiger partial charge in [0.1, 0.15) is 5.69 Å². The number of furan rings is 1. The highest BCUT2D eigenvalue weighted by molar-refractivity contribution is 9.10. The molecule has 8 heteroatoms. The summed E-state index contributed by atoms with van der Waals surface area (Å²) in [6.45, 7) is 3.41. The SMILES string of the molecule is COCCn1c(C(=O)NCc2cc(C)nn2C)cc2oc(Br)cc21. The highest BCUT2D eigenvalue weighted by Gasteiger charge is 2.18. The molecule has 1 amide bonds. The van der Waals surface area contributed by atoms with Crippen molar-refractivity contribution in [3.63, 3.8) is 0 Å². The Morgan fingerprint density at radius 3 is 2.88 bits per heavy atom. The number of hydrogen-bond acceptors (Lipinski definition) is 4. The predicted molar refractivity (Wildman–Crippen MR) is 92.9 cm³/mol. The summed E-state index contributed by atoms with van der Waals surface area (Å²) >= 11 is 3.32. The number of methoxy groups -OCH3 is 1. The maximum absolute atomic E-state index is 12.6. The summed E-state index contributed by atoms with van der Waals surface area (Å²) in [6.07, 6.45) is 0. The van der Waals surface area contributed by atoms with Crippen molar-refractivity contribution in [3.8, 4) is 0 Å². The second-order valence-corrected chi connectivity index (χ2v) is 6.34. The summed E-state index contributed by atoms with van der Waals surface area (Å²) in [5.74, 6) is -0.160. The van der Waals surface area contributed by atoms with Crippen molar-refractivity contribution in [2.75, 3.05) is 13.7 Å². The number of hydrogen-bond donors (Lipinski definition) is 1. The fourth-order valence-corrected chi connectivity index (χ4v) is 3.11. The van der Waals surface area contributed by atoms with Crippen LogP contribution < -0.4 is 5.32 Å². The molecule has 0 saturated carbocycles. The van der Waals surface area contributed by atoms with Gasteiger partial charge in [-0.25, -0.2) is 0 Å². The second-order valence-electron chi connectivity index (χ2n) is 5.56. The Morgan fingerprint density at radius 2 is 2.21 bits per heavy atom. The summed E-state index contributed by atoms with van der Waals surface area (Å²) in [6, 6.07) is 5.55. The van der Waals surface area contributed by atoms with E-state index in [0.717, 1.165) is 16.9 Å². The number of nitrogens with zero attached hydrogens (tertiary/aromatic N) is 3. The lowest BCUT2D eigenvalue weighted by molar-refractivity contribution is 0.0938. The zero-order chi connectivity index (χ0) is 17.3. The van der Waals surface area contributed by atoms with Gasteiger partial charge < -0.3 is 19.0 Å². The Hall–Kier alpha value is -2.06. The fourth-order valence-electron chi connectivity index (χ4n) is 2.71. The van der Waals surface area contributed by atoms with Crippen molar-refractivity contribution in [2.45, 2.75) is 20.0 Å². The minimum atomic E-state index is -0.160. The van der Waals surface area contributed by atoms with Crippen molar-refractivity contribution < 1.29 is 13.9 Å². The van der Waals surface area contributed by atoms with E-state index in [1.54, 1.807) is 17.9 Å². The van der Waals surface area contributed by atoms with Gasteiger partial charge in [0.05, 0.1) is 30.1 Å². The molecule has 128 valence electrons. The summed E-state index contributed by atoms with van der Waals surface area (Å²) < 4.78 is 15.0. The maximum atomic E-state index is 12.6. The Balaban J connectivity index is 1.83. The van der Waals surface area contributed by atoms with Gasteiger partial charge in [0.2, 0.25) is 0 Å². The van der Waals surface area contributed by atoms with Crippen LogP contribution in [0.3, 0.4) is 0 Å². The molecule has 0 aliphatic rings. The lowest BCUT2D eigenvalue weighted by Crippen LogP contribution is -2.27. The van der Waals surface area contributed by atoms with E-state index in [0.29, 0.717) is 35.6 Å². The van der Waals surface area contributed by atoms with Gasteiger partial charge in [-0.15, -0.1) is 0 Å². The molecule has 0 fully saturated rings. The zero-order valence-corrected chi connectivity index (χ0v) is 15.4. The van der Waals surface area contributed by atoms with E-state index in [4.69, 9.17) is 9.15 Å². The monoisotopic (exact) mass is 394 g/mol. The van der Waals surface area contributed by atoms with Crippen LogP contribution in [0.1, 0.15) is 21.9 Å². The number of fused-ring (bicyclic) bond motifs is 1. The van der Waals surface area contributed by atoms with E-state index in [2.05, 4.69) is 26.3 Å². The number of nitrogens with one attached hydrogen (secondary N) is 1. The zero-order valence-electron chi connectivity index (χ0n) is 13.8. The molecule has 7 nitrogen and oxygen atoms in total. The van der Waals surface area contributed by atoms with Gasteiger partial charge in [-0.3, -0.25) is 9.48 Å². The highest BCUT2D eigenvalue weighted by atomic mass is 79.9. The van der Waals surface area contributed by atoms with Gasteiger partial charge in [0.25, 0.3) is 5.91 Å². The summed E-state index contributed by atoms with van der Waals surface area (Å²) in [5, 5.41) is 7.22. The number of rotatable bonds is 6.